The van der Waals surface area contributed by atoms with Crippen LogP contribution in [0.4, 0.5) is 0 Å². The van der Waals surface area contributed by atoms with Crippen LogP contribution in [0.25, 0.3) is 11.0 Å². The number of hydrogen-bond donors (Lipinski definition) is 0. The Labute approximate surface area is 170 Å². The number of halogens is 2. The molecule has 1 aliphatic rings. The van der Waals surface area contributed by atoms with Crippen molar-refractivity contribution in [2.75, 3.05) is 13.2 Å². The Kier molecular flexibility index (Phi) is 5.44. The summed E-state index contributed by atoms with van der Waals surface area (Å²) in [4.78, 5) is 27.2. The smallest absolute Gasteiger partial charge is 0.290 e. The normalized spacial score (nSPS) is 16.6. The van der Waals surface area contributed by atoms with E-state index in [1.807, 2.05) is 0 Å². The van der Waals surface area contributed by atoms with Gasteiger partial charge in [-0.25, -0.2) is 0 Å². The van der Waals surface area contributed by atoms with Gasteiger partial charge in [-0.3, -0.25) is 9.59 Å². The van der Waals surface area contributed by atoms with Gasteiger partial charge in [-0.2, -0.15) is 0 Å². The summed E-state index contributed by atoms with van der Waals surface area (Å²) < 4.78 is 16.7. The maximum Gasteiger partial charge on any atom is 0.290 e. The highest BCUT2D eigenvalue weighted by Crippen LogP contribution is 2.27. The molecular weight excluding hydrogens is 405 g/mol. The number of amides is 1. The highest BCUT2D eigenvalue weighted by Gasteiger charge is 2.26. The Morgan fingerprint density at radius 2 is 2.11 bits per heavy atom. The molecule has 1 aromatic carbocycles. The summed E-state index contributed by atoms with van der Waals surface area (Å²) in [6.45, 7) is 1.28. The number of benzene rings is 1. The third kappa shape index (κ3) is 3.94. The zero-order valence-corrected chi connectivity index (χ0v) is 16.3. The van der Waals surface area contributed by atoms with E-state index in [-0.39, 0.29) is 39.8 Å². The van der Waals surface area contributed by atoms with Crippen LogP contribution in [0.5, 0.6) is 0 Å². The van der Waals surface area contributed by atoms with E-state index in [2.05, 4.69) is 0 Å². The van der Waals surface area contributed by atoms with E-state index < -0.39 is 5.91 Å². The fraction of sp³-hybridized carbons (Fsp3) is 0.300. The molecular formula is C20H17Cl2NO5. The first-order valence-corrected chi connectivity index (χ1v) is 9.63. The second-order valence-electron chi connectivity index (χ2n) is 6.64. The Morgan fingerprint density at radius 1 is 1.25 bits per heavy atom. The SMILES string of the molecule is O=C(c1cc(=O)c2cc(Cl)cc(Cl)c2o1)N(Cc1ccco1)C[C@H]1CCCO1. The van der Waals surface area contributed by atoms with Gasteiger partial charge in [0, 0.05) is 24.2 Å². The average Bonchev–Trinajstić information content (AvgIpc) is 3.35. The molecule has 1 fully saturated rings. The highest BCUT2D eigenvalue weighted by atomic mass is 35.5. The molecule has 8 heteroatoms. The Balaban J connectivity index is 1.69. The maximum absolute atomic E-state index is 13.2. The van der Waals surface area contributed by atoms with E-state index in [0.717, 1.165) is 12.8 Å². The van der Waals surface area contributed by atoms with Gasteiger partial charge in [0.2, 0.25) is 0 Å². The van der Waals surface area contributed by atoms with Crippen LogP contribution in [0.2, 0.25) is 10.0 Å². The molecule has 3 heterocycles. The van der Waals surface area contributed by atoms with Crippen LogP contribution >= 0.6 is 23.2 Å². The lowest BCUT2D eigenvalue weighted by Gasteiger charge is -2.24. The fourth-order valence-corrected chi connectivity index (χ4v) is 3.82. The topological polar surface area (TPSA) is 72.9 Å². The quantitative estimate of drug-likeness (QED) is 0.605. The van der Waals surface area contributed by atoms with Crippen LogP contribution in [0, 0.1) is 0 Å². The van der Waals surface area contributed by atoms with E-state index in [0.29, 0.717) is 23.9 Å². The lowest BCUT2D eigenvalue weighted by molar-refractivity contribution is 0.0469. The molecule has 0 spiro atoms. The van der Waals surface area contributed by atoms with Gasteiger partial charge < -0.3 is 18.5 Å². The van der Waals surface area contributed by atoms with E-state index in [1.54, 1.807) is 23.3 Å². The average molecular weight is 422 g/mol. The van der Waals surface area contributed by atoms with Gasteiger partial charge in [0.1, 0.15) is 5.76 Å². The van der Waals surface area contributed by atoms with Gasteiger partial charge >= 0.3 is 0 Å². The number of ether oxygens (including phenoxy) is 1. The van der Waals surface area contributed by atoms with Crippen molar-refractivity contribution in [1.82, 2.24) is 4.90 Å². The molecule has 0 N–H and O–H groups in total. The molecule has 1 amide bonds. The number of carbonyl (C=O) groups excluding carboxylic acids is 1. The minimum Gasteiger partial charge on any atom is -0.467 e. The molecule has 28 heavy (non-hydrogen) atoms. The zero-order valence-electron chi connectivity index (χ0n) is 14.8. The summed E-state index contributed by atoms with van der Waals surface area (Å²) in [5.74, 6) is 0.0995. The fourth-order valence-electron chi connectivity index (χ4n) is 3.29. The van der Waals surface area contributed by atoms with Crippen LogP contribution in [0.15, 0.2) is 50.2 Å². The third-order valence-electron chi connectivity index (χ3n) is 4.62. The lowest BCUT2D eigenvalue weighted by atomic mass is 10.2. The van der Waals surface area contributed by atoms with Gasteiger partial charge in [0.15, 0.2) is 16.8 Å². The summed E-state index contributed by atoms with van der Waals surface area (Å²) in [6, 6.07) is 7.64. The van der Waals surface area contributed by atoms with Crippen LogP contribution < -0.4 is 5.43 Å². The van der Waals surface area contributed by atoms with Gasteiger partial charge in [-0.05, 0) is 37.1 Å². The first-order chi connectivity index (χ1) is 13.5. The summed E-state index contributed by atoms with van der Waals surface area (Å²) >= 11 is 12.1. The Bertz CT molecular complexity index is 1050. The third-order valence-corrected chi connectivity index (χ3v) is 5.12. The minimum absolute atomic E-state index is 0.0616. The van der Waals surface area contributed by atoms with Crippen molar-refractivity contribution in [2.24, 2.45) is 0 Å². The number of fused-ring (bicyclic) bond motifs is 1. The van der Waals surface area contributed by atoms with Gasteiger partial charge in [-0.15, -0.1) is 0 Å². The first kappa shape index (κ1) is 19.1. The molecule has 1 saturated heterocycles. The van der Waals surface area contributed by atoms with E-state index in [9.17, 15) is 9.59 Å². The van der Waals surface area contributed by atoms with Crippen molar-refractivity contribution < 1.29 is 18.4 Å². The number of carbonyl (C=O) groups is 1. The minimum atomic E-state index is -0.433. The second-order valence-corrected chi connectivity index (χ2v) is 7.48. The summed E-state index contributed by atoms with van der Waals surface area (Å²) in [5, 5.41) is 0.721. The van der Waals surface area contributed by atoms with E-state index in [4.69, 9.17) is 36.8 Å². The first-order valence-electron chi connectivity index (χ1n) is 8.87. The number of nitrogens with zero attached hydrogens (tertiary/aromatic N) is 1. The van der Waals surface area contributed by atoms with Crippen LogP contribution in [0.3, 0.4) is 0 Å². The second kappa shape index (κ2) is 7.99. The molecule has 2 aromatic heterocycles. The van der Waals surface area contributed by atoms with E-state index >= 15 is 0 Å². The lowest BCUT2D eigenvalue weighted by Crippen LogP contribution is -2.37. The molecule has 3 aromatic rings. The monoisotopic (exact) mass is 421 g/mol. The van der Waals surface area contributed by atoms with Crippen molar-refractivity contribution >= 4 is 40.1 Å². The largest absolute Gasteiger partial charge is 0.467 e. The molecule has 0 aliphatic carbocycles. The van der Waals surface area contributed by atoms with Gasteiger partial charge in [0.25, 0.3) is 5.91 Å². The standard InChI is InChI=1S/C20H17Cl2NO5/c21-12-7-15-17(24)9-18(28-19(15)16(22)8-12)20(25)23(10-13-3-1-5-26-13)11-14-4-2-6-27-14/h1,3,5,7-9,14H,2,4,6,10-11H2/t14-/m1/s1. The predicted molar refractivity (Wildman–Crippen MR) is 105 cm³/mol. The molecule has 1 atom stereocenters. The number of hydrogen-bond acceptors (Lipinski definition) is 5. The number of rotatable bonds is 5. The van der Waals surface area contributed by atoms with Crippen molar-refractivity contribution in [1.29, 1.82) is 0 Å². The molecule has 0 bridgehead atoms. The molecule has 0 radical (unpaired) electrons. The molecule has 4 rings (SSSR count). The number of furan rings is 1. The van der Waals surface area contributed by atoms with E-state index in [1.165, 1.54) is 18.2 Å². The van der Waals surface area contributed by atoms with Crippen LogP contribution in [-0.4, -0.2) is 30.1 Å². The Hall–Kier alpha value is -2.28. The van der Waals surface area contributed by atoms with Crippen LogP contribution in [-0.2, 0) is 11.3 Å². The Morgan fingerprint density at radius 3 is 2.82 bits per heavy atom. The summed E-state index contributed by atoms with van der Waals surface area (Å²) in [7, 11) is 0. The summed E-state index contributed by atoms with van der Waals surface area (Å²) in [6.07, 6.45) is 3.31. The van der Waals surface area contributed by atoms with Crippen LogP contribution in [0.1, 0.15) is 29.2 Å². The van der Waals surface area contributed by atoms with Crippen molar-refractivity contribution in [3.63, 3.8) is 0 Å². The molecule has 146 valence electrons. The maximum atomic E-state index is 13.2. The van der Waals surface area contributed by atoms with Gasteiger partial charge in [-0.1, -0.05) is 23.2 Å². The van der Waals surface area contributed by atoms with Crippen molar-refractivity contribution in [3.05, 3.63) is 68.4 Å². The molecule has 0 unspecified atom stereocenters. The molecule has 0 saturated carbocycles. The van der Waals surface area contributed by atoms with Crippen molar-refractivity contribution in [3.8, 4) is 0 Å². The molecule has 1 aliphatic heterocycles. The van der Waals surface area contributed by atoms with Gasteiger partial charge in [0.05, 0.1) is 29.3 Å². The molecule has 6 nitrogen and oxygen atoms in total. The predicted octanol–water partition coefficient (Wildman–Crippen LogP) is 4.51. The highest BCUT2D eigenvalue weighted by molar-refractivity contribution is 6.38. The van der Waals surface area contributed by atoms with Crippen molar-refractivity contribution in [2.45, 2.75) is 25.5 Å². The zero-order chi connectivity index (χ0) is 19.7. The summed E-state index contributed by atoms with van der Waals surface area (Å²) in [5.41, 5.74) is -0.249.